The number of aliphatic hydroxyl groups excluding tert-OH is 1. The molecule has 0 aliphatic rings. The number of carbonyl (C=O) groups excluding carboxylic acids is 1. The van der Waals surface area contributed by atoms with Crippen LogP contribution in [-0.4, -0.2) is 22.8 Å². The number of esters is 1. The molecule has 19 heavy (non-hydrogen) atoms. The van der Waals surface area contributed by atoms with Crippen LogP contribution < -0.4 is 0 Å². The van der Waals surface area contributed by atoms with Crippen LogP contribution in [0.5, 0.6) is 0 Å². The second-order valence-electron chi connectivity index (χ2n) is 6.06. The average molecular weight is 270 g/mol. The molecular weight excluding hydrogens is 240 g/mol. The summed E-state index contributed by atoms with van der Waals surface area (Å²) in [6, 6.07) is 0. The summed E-state index contributed by atoms with van der Waals surface area (Å²) in [6.45, 7) is 9.24. The van der Waals surface area contributed by atoms with Gasteiger partial charge < -0.3 is 9.84 Å². The molecule has 0 aromatic heterocycles. The summed E-state index contributed by atoms with van der Waals surface area (Å²) in [5, 5.41) is 9.78. The maximum absolute atomic E-state index is 11.5. The first-order valence-corrected chi connectivity index (χ1v) is 7.36. The average Bonchev–Trinajstić information content (AvgIpc) is 2.29. The number of hydrogen-bond acceptors (Lipinski definition) is 3. The fourth-order valence-corrected chi connectivity index (χ4v) is 1.84. The van der Waals surface area contributed by atoms with Crippen LogP contribution in [0.1, 0.15) is 72.1 Å². The van der Waals surface area contributed by atoms with E-state index in [-0.39, 0.29) is 12.1 Å². The Morgan fingerprint density at radius 3 is 2.42 bits per heavy atom. The van der Waals surface area contributed by atoms with Gasteiger partial charge in [-0.25, -0.2) is 0 Å². The first kappa shape index (κ1) is 18.2. The van der Waals surface area contributed by atoms with Crippen LogP contribution in [0.3, 0.4) is 0 Å². The van der Waals surface area contributed by atoms with Crippen LogP contribution >= 0.6 is 0 Å². The van der Waals surface area contributed by atoms with Crippen molar-refractivity contribution < 1.29 is 14.6 Å². The molecule has 3 nitrogen and oxygen atoms in total. The maximum Gasteiger partial charge on any atom is 0.306 e. The van der Waals surface area contributed by atoms with Gasteiger partial charge in [0.15, 0.2) is 0 Å². The summed E-state index contributed by atoms with van der Waals surface area (Å²) in [5.74, 6) is -0.225. The number of unbranched alkanes of at least 4 members (excludes halogenated alkanes) is 4. The van der Waals surface area contributed by atoms with E-state index in [0.29, 0.717) is 12.8 Å². The highest BCUT2D eigenvalue weighted by Crippen LogP contribution is 2.13. The van der Waals surface area contributed by atoms with E-state index >= 15 is 0 Å². The lowest BCUT2D eigenvalue weighted by atomic mass is 10.0. The molecule has 1 atom stereocenters. The van der Waals surface area contributed by atoms with Gasteiger partial charge in [0.05, 0.1) is 6.10 Å². The molecule has 0 radical (unpaired) electrons. The van der Waals surface area contributed by atoms with E-state index in [1.807, 2.05) is 26.8 Å². The third kappa shape index (κ3) is 13.4. The fourth-order valence-electron chi connectivity index (χ4n) is 1.84. The lowest BCUT2D eigenvalue weighted by molar-refractivity contribution is -0.155. The maximum atomic E-state index is 11.5. The minimum absolute atomic E-state index is 0.225. The first-order chi connectivity index (χ1) is 8.85. The van der Waals surface area contributed by atoms with Crippen molar-refractivity contribution in [2.75, 3.05) is 0 Å². The lowest BCUT2D eigenvalue weighted by Crippen LogP contribution is -2.24. The number of ether oxygens (including phenoxy) is 1. The summed E-state index contributed by atoms with van der Waals surface area (Å²) in [5.41, 5.74) is -0.437. The SMILES string of the molecule is C=CCCCCCC[C@@H](O)CCC(=O)OC(C)(C)C. The first-order valence-electron chi connectivity index (χ1n) is 7.36. The highest BCUT2D eigenvalue weighted by molar-refractivity contribution is 5.69. The molecule has 0 aliphatic heterocycles. The van der Waals surface area contributed by atoms with Crippen LogP contribution in [0, 0.1) is 0 Å². The number of hydrogen-bond donors (Lipinski definition) is 1. The van der Waals surface area contributed by atoms with Crippen LogP contribution in [-0.2, 0) is 9.53 Å². The molecule has 0 saturated carbocycles. The largest absolute Gasteiger partial charge is 0.460 e. The number of aliphatic hydroxyl groups is 1. The quantitative estimate of drug-likeness (QED) is 0.371. The van der Waals surface area contributed by atoms with E-state index in [1.165, 1.54) is 12.8 Å². The van der Waals surface area contributed by atoms with E-state index in [9.17, 15) is 9.90 Å². The molecule has 0 saturated heterocycles. The molecular formula is C16H30O3. The van der Waals surface area contributed by atoms with E-state index in [2.05, 4.69) is 6.58 Å². The lowest BCUT2D eigenvalue weighted by Gasteiger charge is -2.20. The minimum atomic E-state index is -0.437. The van der Waals surface area contributed by atoms with Crippen molar-refractivity contribution in [1.82, 2.24) is 0 Å². The topological polar surface area (TPSA) is 46.5 Å². The van der Waals surface area contributed by atoms with Gasteiger partial charge in [0.2, 0.25) is 0 Å². The molecule has 0 rings (SSSR count). The molecule has 0 aromatic carbocycles. The van der Waals surface area contributed by atoms with Crippen LogP contribution in [0.25, 0.3) is 0 Å². The molecule has 0 fully saturated rings. The number of carbonyl (C=O) groups is 1. The molecule has 0 spiro atoms. The van der Waals surface area contributed by atoms with Crippen molar-refractivity contribution in [3.05, 3.63) is 12.7 Å². The van der Waals surface area contributed by atoms with E-state index in [4.69, 9.17) is 4.74 Å². The Bertz CT molecular complexity index is 253. The van der Waals surface area contributed by atoms with Gasteiger partial charge in [-0.3, -0.25) is 4.79 Å². The van der Waals surface area contributed by atoms with E-state index in [0.717, 1.165) is 25.7 Å². The van der Waals surface area contributed by atoms with Crippen molar-refractivity contribution in [2.24, 2.45) is 0 Å². The Balaban J connectivity index is 3.51. The predicted molar refractivity (Wildman–Crippen MR) is 79.0 cm³/mol. The molecule has 112 valence electrons. The monoisotopic (exact) mass is 270 g/mol. The number of rotatable bonds is 10. The molecule has 0 amide bonds. The Hall–Kier alpha value is -0.830. The molecule has 0 bridgehead atoms. The van der Waals surface area contributed by atoms with E-state index in [1.54, 1.807) is 0 Å². The summed E-state index contributed by atoms with van der Waals surface area (Å²) in [7, 11) is 0. The van der Waals surface area contributed by atoms with Crippen LogP contribution in [0.2, 0.25) is 0 Å². The Morgan fingerprint density at radius 2 is 1.84 bits per heavy atom. The van der Waals surface area contributed by atoms with Crippen LogP contribution in [0.4, 0.5) is 0 Å². The third-order valence-electron chi connectivity index (χ3n) is 2.80. The van der Waals surface area contributed by atoms with E-state index < -0.39 is 5.60 Å². The third-order valence-corrected chi connectivity index (χ3v) is 2.80. The van der Waals surface area contributed by atoms with Crippen molar-refractivity contribution in [2.45, 2.75) is 83.8 Å². The van der Waals surface area contributed by atoms with Gasteiger partial charge in [-0.15, -0.1) is 6.58 Å². The predicted octanol–water partition coefficient (Wildman–Crippen LogP) is 4.00. The molecule has 0 aliphatic carbocycles. The zero-order chi connectivity index (χ0) is 14.7. The summed E-state index contributed by atoms with van der Waals surface area (Å²) >= 11 is 0. The van der Waals surface area contributed by atoms with Crippen molar-refractivity contribution in [3.63, 3.8) is 0 Å². The fraction of sp³-hybridized carbons (Fsp3) is 0.812. The summed E-state index contributed by atoms with van der Waals surface area (Å²) in [6.07, 6.45) is 8.73. The molecule has 3 heteroatoms. The van der Waals surface area contributed by atoms with Gasteiger partial charge in [0.25, 0.3) is 0 Å². The van der Waals surface area contributed by atoms with Gasteiger partial charge >= 0.3 is 5.97 Å². The summed E-state index contributed by atoms with van der Waals surface area (Å²) in [4.78, 5) is 11.5. The van der Waals surface area contributed by atoms with Gasteiger partial charge in [-0.2, -0.15) is 0 Å². The molecule has 0 aromatic rings. The molecule has 1 N–H and O–H groups in total. The van der Waals surface area contributed by atoms with Gasteiger partial charge in [0, 0.05) is 6.42 Å². The normalized spacial score (nSPS) is 13.1. The molecule has 0 heterocycles. The van der Waals surface area contributed by atoms with Gasteiger partial charge in [0.1, 0.15) is 5.60 Å². The second kappa shape index (κ2) is 10.0. The van der Waals surface area contributed by atoms with Gasteiger partial charge in [-0.1, -0.05) is 25.3 Å². The van der Waals surface area contributed by atoms with Crippen molar-refractivity contribution in [3.8, 4) is 0 Å². The van der Waals surface area contributed by atoms with Crippen molar-refractivity contribution >= 4 is 5.97 Å². The second-order valence-corrected chi connectivity index (χ2v) is 6.06. The van der Waals surface area contributed by atoms with Crippen molar-refractivity contribution in [1.29, 1.82) is 0 Å². The zero-order valence-electron chi connectivity index (χ0n) is 12.8. The number of allylic oxidation sites excluding steroid dienone is 1. The highest BCUT2D eigenvalue weighted by Gasteiger charge is 2.17. The minimum Gasteiger partial charge on any atom is -0.460 e. The van der Waals surface area contributed by atoms with Gasteiger partial charge in [-0.05, 0) is 46.5 Å². The summed E-state index contributed by atoms with van der Waals surface area (Å²) < 4.78 is 5.20. The zero-order valence-corrected chi connectivity index (χ0v) is 12.8. The standard InChI is InChI=1S/C16H30O3/c1-5-6-7-8-9-10-11-14(17)12-13-15(18)19-16(2,3)4/h5,14,17H,1,6-13H2,2-4H3/t14-/m1/s1. The van der Waals surface area contributed by atoms with Crippen LogP contribution in [0.15, 0.2) is 12.7 Å². The Morgan fingerprint density at radius 1 is 1.21 bits per heavy atom. The Labute approximate surface area is 118 Å². The smallest absolute Gasteiger partial charge is 0.306 e. The molecule has 0 unspecified atom stereocenters. The highest BCUT2D eigenvalue weighted by atomic mass is 16.6. The Kier molecular flexibility index (Phi) is 9.58.